The third kappa shape index (κ3) is 3.12. The Labute approximate surface area is 194 Å². The number of fused-ring (bicyclic) bond motifs is 2. The van der Waals surface area contributed by atoms with Crippen molar-refractivity contribution in [2.75, 3.05) is 44.3 Å². The molecule has 7 rings (SSSR count). The highest BCUT2D eigenvalue weighted by Crippen LogP contribution is 2.72. The molecule has 0 bridgehead atoms. The highest BCUT2D eigenvalue weighted by atomic mass is 16.5. The Morgan fingerprint density at radius 1 is 1.06 bits per heavy atom. The smallest absolute Gasteiger partial charge is 0.159 e. The quantitative estimate of drug-likeness (QED) is 0.617. The van der Waals surface area contributed by atoms with Gasteiger partial charge >= 0.3 is 0 Å². The third-order valence-corrected chi connectivity index (χ3v) is 8.97. The zero-order chi connectivity index (χ0) is 22.2. The van der Waals surface area contributed by atoms with E-state index < -0.39 is 0 Å². The summed E-state index contributed by atoms with van der Waals surface area (Å²) in [7, 11) is 0. The molecule has 2 aliphatic heterocycles. The summed E-state index contributed by atoms with van der Waals surface area (Å²) < 4.78 is 7.70. The largest absolute Gasteiger partial charge is 0.378 e. The maximum absolute atomic E-state index is 5.71. The highest BCUT2D eigenvalue weighted by molar-refractivity contribution is 5.81. The molecule has 7 heteroatoms. The lowest BCUT2D eigenvalue weighted by Gasteiger charge is -2.47. The van der Waals surface area contributed by atoms with Crippen molar-refractivity contribution in [2.45, 2.75) is 44.6 Å². The summed E-state index contributed by atoms with van der Waals surface area (Å²) >= 11 is 0. The fourth-order valence-corrected chi connectivity index (χ4v) is 6.91. The molecule has 0 amide bonds. The maximum atomic E-state index is 5.71. The van der Waals surface area contributed by atoms with Crippen molar-refractivity contribution in [3.05, 3.63) is 42.4 Å². The number of piperazine rings is 1. The first kappa shape index (κ1) is 19.9. The SMILES string of the molecule is C[C@H]1CC12CC(C)(c1ccc3cnn(-c4cc(N5CCN6CCOC[C@@H]6C5)ncn4)c3c1)C2. The molecule has 0 unspecified atom stereocenters. The van der Waals surface area contributed by atoms with E-state index in [4.69, 9.17) is 9.84 Å². The van der Waals surface area contributed by atoms with Crippen LogP contribution in [0.15, 0.2) is 36.8 Å². The van der Waals surface area contributed by atoms with Crippen LogP contribution in [0.5, 0.6) is 0 Å². The number of anilines is 1. The van der Waals surface area contributed by atoms with Crippen molar-refractivity contribution in [1.29, 1.82) is 0 Å². The predicted molar refractivity (Wildman–Crippen MR) is 128 cm³/mol. The number of morpholine rings is 1. The molecule has 172 valence electrons. The van der Waals surface area contributed by atoms with Crippen LogP contribution >= 0.6 is 0 Å². The average Bonchev–Trinajstić information content (AvgIpc) is 3.28. The first-order valence-corrected chi connectivity index (χ1v) is 12.4. The van der Waals surface area contributed by atoms with Crippen molar-refractivity contribution >= 4 is 16.7 Å². The number of aromatic nitrogens is 4. The summed E-state index contributed by atoms with van der Waals surface area (Å²) in [5, 5.41) is 5.87. The van der Waals surface area contributed by atoms with Crippen molar-refractivity contribution < 1.29 is 4.74 Å². The predicted octanol–water partition coefficient (Wildman–Crippen LogP) is 3.41. The minimum atomic E-state index is 0.284. The van der Waals surface area contributed by atoms with E-state index in [0.717, 1.165) is 67.8 Å². The standard InChI is InChI=1S/C26H32N6O/c1-18-11-26(18)15-25(2,16-26)20-4-3-19-12-29-32(22(19)9-20)24-10-23(27-17-28-24)31-6-5-30-7-8-33-14-21(30)13-31/h3-4,9-10,12,17-18,21H,5-8,11,13-16H2,1-2H3/t18-,21-,25?,26?/m0/s1. The molecular weight excluding hydrogens is 412 g/mol. The Balaban J connectivity index is 1.18. The van der Waals surface area contributed by atoms with Crippen LogP contribution in [0.2, 0.25) is 0 Å². The lowest BCUT2D eigenvalue weighted by molar-refractivity contribution is -0.0117. The average molecular weight is 445 g/mol. The molecule has 3 aromatic rings. The number of nitrogens with zero attached hydrogens (tertiary/aromatic N) is 6. The molecule has 2 aromatic heterocycles. The zero-order valence-electron chi connectivity index (χ0n) is 19.6. The Hall–Kier alpha value is -2.51. The van der Waals surface area contributed by atoms with Crippen molar-refractivity contribution in [2.24, 2.45) is 11.3 Å². The van der Waals surface area contributed by atoms with Crippen LogP contribution in [0.3, 0.4) is 0 Å². The van der Waals surface area contributed by atoms with Crippen molar-refractivity contribution in [3.63, 3.8) is 0 Å². The minimum absolute atomic E-state index is 0.284. The maximum Gasteiger partial charge on any atom is 0.159 e. The van der Waals surface area contributed by atoms with Gasteiger partial charge in [-0.15, -0.1) is 0 Å². The van der Waals surface area contributed by atoms with Crippen LogP contribution < -0.4 is 4.90 Å². The van der Waals surface area contributed by atoms with Crippen molar-refractivity contribution in [3.8, 4) is 5.82 Å². The van der Waals surface area contributed by atoms with E-state index in [1.807, 2.05) is 10.9 Å². The number of rotatable bonds is 3. The Morgan fingerprint density at radius 3 is 2.76 bits per heavy atom. The van der Waals surface area contributed by atoms with Gasteiger partial charge in [0.15, 0.2) is 5.82 Å². The molecule has 1 spiro atoms. The van der Waals surface area contributed by atoms with Gasteiger partial charge in [0.2, 0.25) is 0 Å². The van der Waals surface area contributed by atoms with Gasteiger partial charge in [-0.3, -0.25) is 4.90 Å². The zero-order valence-corrected chi connectivity index (χ0v) is 19.6. The first-order valence-electron chi connectivity index (χ1n) is 12.4. The number of benzene rings is 1. The normalized spacial score (nSPS) is 33.8. The van der Waals surface area contributed by atoms with Crippen LogP contribution in [0.1, 0.15) is 38.7 Å². The van der Waals surface area contributed by atoms with Gasteiger partial charge < -0.3 is 9.64 Å². The van der Waals surface area contributed by atoms with E-state index in [2.05, 4.69) is 57.9 Å². The van der Waals surface area contributed by atoms with E-state index in [1.54, 1.807) is 6.33 Å². The summed E-state index contributed by atoms with van der Waals surface area (Å²) in [6.07, 6.45) is 7.67. The molecular formula is C26H32N6O. The van der Waals surface area contributed by atoms with Gasteiger partial charge in [-0.1, -0.05) is 26.0 Å². The van der Waals surface area contributed by atoms with Crippen LogP contribution in [0, 0.1) is 11.3 Å². The summed E-state index contributed by atoms with van der Waals surface area (Å²) in [6, 6.07) is 9.42. The molecule has 4 aliphatic rings. The summed E-state index contributed by atoms with van der Waals surface area (Å²) in [5.41, 5.74) is 3.49. The van der Waals surface area contributed by atoms with Crippen LogP contribution in [-0.4, -0.2) is 70.1 Å². The first-order chi connectivity index (χ1) is 16.0. The minimum Gasteiger partial charge on any atom is -0.378 e. The summed E-state index contributed by atoms with van der Waals surface area (Å²) in [5.74, 6) is 2.71. The summed E-state index contributed by atoms with van der Waals surface area (Å²) in [6.45, 7) is 10.5. The fourth-order valence-electron chi connectivity index (χ4n) is 6.91. The number of ether oxygens (including phenoxy) is 1. The van der Waals surface area contributed by atoms with E-state index >= 15 is 0 Å². The summed E-state index contributed by atoms with van der Waals surface area (Å²) in [4.78, 5) is 14.1. The molecule has 2 aliphatic carbocycles. The van der Waals surface area contributed by atoms with E-state index in [1.165, 1.54) is 24.8 Å². The second kappa shape index (κ2) is 7.00. The third-order valence-electron chi connectivity index (χ3n) is 8.97. The van der Waals surface area contributed by atoms with Gasteiger partial charge in [-0.2, -0.15) is 5.10 Å². The molecule has 4 heterocycles. The molecule has 33 heavy (non-hydrogen) atoms. The topological polar surface area (TPSA) is 59.3 Å². The van der Waals surface area contributed by atoms with Crippen LogP contribution in [0.4, 0.5) is 5.82 Å². The molecule has 7 nitrogen and oxygen atoms in total. The Bertz CT molecular complexity index is 1210. The van der Waals surface area contributed by atoms with Gasteiger partial charge in [-0.05, 0) is 47.6 Å². The molecule has 0 N–H and O–H groups in total. The van der Waals surface area contributed by atoms with Gasteiger partial charge in [0.1, 0.15) is 12.1 Å². The second-order valence-electron chi connectivity index (χ2n) is 11.2. The fraction of sp³-hybridized carbons (Fsp3) is 0.577. The molecule has 2 saturated carbocycles. The van der Waals surface area contributed by atoms with E-state index in [0.29, 0.717) is 11.5 Å². The van der Waals surface area contributed by atoms with Gasteiger partial charge in [-0.25, -0.2) is 14.6 Å². The monoisotopic (exact) mass is 444 g/mol. The molecule has 1 aromatic carbocycles. The lowest BCUT2D eigenvalue weighted by atomic mass is 9.57. The second-order valence-corrected chi connectivity index (χ2v) is 11.2. The molecule has 2 atom stereocenters. The van der Waals surface area contributed by atoms with E-state index in [9.17, 15) is 0 Å². The molecule has 0 radical (unpaired) electrons. The highest BCUT2D eigenvalue weighted by Gasteiger charge is 2.63. The van der Waals surface area contributed by atoms with Crippen molar-refractivity contribution in [1.82, 2.24) is 24.6 Å². The van der Waals surface area contributed by atoms with Crippen LogP contribution in [-0.2, 0) is 10.2 Å². The Kier molecular flexibility index (Phi) is 4.22. The van der Waals surface area contributed by atoms with Gasteiger partial charge in [0, 0.05) is 37.6 Å². The number of hydrogen-bond acceptors (Lipinski definition) is 6. The van der Waals surface area contributed by atoms with Gasteiger partial charge in [0.05, 0.1) is 31.0 Å². The lowest BCUT2D eigenvalue weighted by Crippen LogP contribution is -2.58. The van der Waals surface area contributed by atoms with Gasteiger partial charge in [0.25, 0.3) is 0 Å². The van der Waals surface area contributed by atoms with E-state index in [-0.39, 0.29) is 5.41 Å². The molecule has 4 fully saturated rings. The molecule has 2 saturated heterocycles. The van der Waals surface area contributed by atoms with Crippen LogP contribution in [0.25, 0.3) is 16.7 Å². The number of hydrogen-bond donors (Lipinski definition) is 0. The Morgan fingerprint density at radius 2 is 1.91 bits per heavy atom.